The molecule has 15 nitrogen and oxygen atoms in total. The minimum absolute atomic E-state index is 0.0137. The Balaban J connectivity index is 5.10. The molecule has 0 fully saturated rings. The van der Waals surface area contributed by atoms with E-state index in [1.165, 1.54) is 0 Å². The number of hydrogen-bond acceptors (Lipinski definition) is 11. The summed E-state index contributed by atoms with van der Waals surface area (Å²) in [5.74, 6) is -0.0347. The molecule has 0 bridgehead atoms. The van der Waals surface area contributed by atoms with E-state index in [4.69, 9.17) is 39.5 Å². The SMILES string of the molecule is CCNCCN(CCN)CCN(CCNCCN)CCN(CCNC(=N)N)CCN(CCN)CCNC(=N)N. The molecule has 0 rings (SSSR count). The molecule has 0 unspecified atom stereocenters. The Labute approximate surface area is 236 Å². The Bertz CT molecular complexity index is 580. The lowest BCUT2D eigenvalue weighted by Gasteiger charge is -2.31. The number of nitrogens with one attached hydrogen (secondary N) is 6. The fourth-order valence-electron chi connectivity index (χ4n) is 4.13. The Morgan fingerprint density at radius 2 is 0.846 bits per heavy atom. The van der Waals surface area contributed by atoms with Crippen LogP contribution in [0.3, 0.4) is 0 Å². The van der Waals surface area contributed by atoms with Gasteiger partial charge in [0.2, 0.25) is 0 Å². The van der Waals surface area contributed by atoms with Gasteiger partial charge in [0.15, 0.2) is 11.9 Å². The molecule has 0 aliphatic rings. The largest absolute Gasteiger partial charge is 0.370 e. The summed E-state index contributed by atoms with van der Waals surface area (Å²) < 4.78 is 0. The highest BCUT2D eigenvalue weighted by Crippen LogP contribution is 1.97. The molecule has 0 aromatic heterocycles. The fraction of sp³-hybridized carbons (Fsp3) is 0.917. The van der Waals surface area contributed by atoms with Crippen LogP contribution >= 0.6 is 0 Å². The number of guanidine groups is 2. The van der Waals surface area contributed by atoms with Crippen LogP contribution in [0.5, 0.6) is 0 Å². The standard InChI is InChI=1S/C24H61N15/c1-2-32-7-13-36(11-4-26)17-19-38(14-8-33-6-3-25)21-22-39(16-10-35-24(30)31)20-18-37(12-5-27)15-9-34-23(28)29/h32-33H,2-22,25-27H2,1H3,(H4,28,29,34)(H4,30,31,35). The van der Waals surface area contributed by atoms with E-state index in [9.17, 15) is 0 Å². The molecule has 0 aliphatic carbocycles. The van der Waals surface area contributed by atoms with Gasteiger partial charge in [-0.1, -0.05) is 6.92 Å². The predicted octanol–water partition coefficient (Wildman–Crippen LogP) is -4.76. The number of nitrogens with two attached hydrogens (primary N) is 5. The lowest BCUT2D eigenvalue weighted by molar-refractivity contribution is 0.164. The van der Waals surface area contributed by atoms with Crippen LogP contribution in [0.1, 0.15) is 6.92 Å². The van der Waals surface area contributed by atoms with Crippen LogP contribution in [-0.4, -0.2) is 169 Å². The van der Waals surface area contributed by atoms with Crippen LogP contribution in [0.25, 0.3) is 0 Å². The van der Waals surface area contributed by atoms with Crippen molar-refractivity contribution in [1.29, 1.82) is 10.8 Å². The second-order valence-electron chi connectivity index (χ2n) is 9.52. The monoisotopic (exact) mass is 560 g/mol. The number of nitrogens with zero attached hydrogens (tertiary/aromatic N) is 4. The molecule has 0 atom stereocenters. The van der Waals surface area contributed by atoms with Gasteiger partial charge in [0.1, 0.15) is 0 Å². The Hall–Kier alpha value is -1.82. The highest BCUT2D eigenvalue weighted by atomic mass is 15.3. The summed E-state index contributed by atoms with van der Waals surface area (Å²) in [5.41, 5.74) is 28.3. The second-order valence-corrected chi connectivity index (χ2v) is 9.52. The first-order valence-electron chi connectivity index (χ1n) is 14.4. The highest BCUT2D eigenvalue weighted by Gasteiger charge is 2.13. The van der Waals surface area contributed by atoms with Crippen LogP contribution in [0.15, 0.2) is 0 Å². The second kappa shape index (κ2) is 26.4. The van der Waals surface area contributed by atoms with E-state index in [-0.39, 0.29) is 11.9 Å². The minimum atomic E-state index is -0.0210. The molecule has 15 heteroatoms. The van der Waals surface area contributed by atoms with Crippen LogP contribution in [0, 0.1) is 10.8 Å². The summed E-state index contributed by atoms with van der Waals surface area (Å²) in [4.78, 5) is 9.61. The molecule has 0 spiro atoms. The normalized spacial score (nSPS) is 11.7. The van der Waals surface area contributed by atoms with Crippen molar-refractivity contribution < 1.29 is 0 Å². The molecular formula is C24H61N15. The van der Waals surface area contributed by atoms with Gasteiger partial charge in [0.25, 0.3) is 0 Å². The summed E-state index contributed by atoms with van der Waals surface area (Å²) in [5, 5.41) is 27.5. The van der Waals surface area contributed by atoms with Gasteiger partial charge in [0.05, 0.1) is 0 Å². The predicted molar refractivity (Wildman–Crippen MR) is 164 cm³/mol. The lowest BCUT2D eigenvalue weighted by Crippen LogP contribution is -2.47. The molecule has 0 saturated carbocycles. The van der Waals surface area contributed by atoms with E-state index in [2.05, 4.69) is 47.8 Å². The van der Waals surface area contributed by atoms with Gasteiger partial charge in [-0.15, -0.1) is 0 Å². The summed E-state index contributed by atoms with van der Waals surface area (Å²) in [6, 6.07) is 0. The van der Waals surface area contributed by atoms with Crippen molar-refractivity contribution in [3.8, 4) is 0 Å². The molecule has 0 saturated heterocycles. The molecule has 0 aliphatic heterocycles. The first-order chi connectivity index (χ1) is 18.9. The van der Waals surface area contributed by atoms with Gasteiger partial charge < -0.3 is 49.9 Å². The smallest absolute Gasteiger partial charge is 0.185 e. The van der Waals surface area contributed by atoms with Crippen molar-refractivity contribution in [3.63, 3.8) is 0 Å². The van der Waals surface area contributed by atoms with Crippen molar-refractivity contribution in [1.82, 2.24) is 40.9 Å². The fourth-order valence-corrected chi connectivity index (χ4v) is 4.13. The zero-order valence-electron chi connectivity index (χ0n) is 24.5. The van der Waals surface area contributed by atoms with E-state index in [1.807, 2.05) is 0 Å². The van der Waals surface area contributed by atoms with Gasteiger partial charge in [-0.2, -0.15) is 0 Å². The number of rotatable bonds is 28. The number of likely N-dealkylation sites (N-methyl/N-ethyl adjacent to an activating group) is 1. The van der Waals surface area contributed by atoms with Crippen molar-refractivity contribution in [3.05, 3.63) is 0 Å². The average molecular weight is 560 g/mol. The van der Waals surface area contributed by atoms with Crippen molar-refractivity contribution in [2.24, 2.45) is 28.7 Å². The zero-order chi connectivity index (χ0) is 29.1. The lowest BCUT2D eigenvalue weighted by atomic mass is 10.3. The third kappa shape index (κ3) is 23.8. The average Bonchev–Trinajstić information content (AvgIpc) is 2.89. The molecule has 232 valence electrons. The van der Waals surface area contributed by atoms with Crippen LogP contribution in [0.2, 0.25) is 0 Å². The zero-order valence-corrected chi connectivity index (χ0v) is 24.5. The van der Waals surface area contributed by atoms with Gasteiger partial charge in [-0.05, 0) is 6.54 Å². The van der Waals surface area contributed by atoms with Crippen LogP contribution in [0.4, 0.5) is 0 Å². The van der Waals surface area contributed by atoms with E-state index in [0.29, 0.717) is 32.7 Å². The van der Waals surface area contributed by atoms with Gasteiger partial charge in [0, 0.05) is 131 Å². The topological polar surface area (TPSA) is 239 Å². The van der Waals surface area contributed by atoms with E-state index in [0.717, 1.165) is 105 Å². The maximum atomic E-state index is 7.49. The van der Waals surface area contributed by atoms with Crippen LogP contribution in [-0.2, 0) is 0 Å². The molecule has 0 aromatic carbocycles. The first-order valence-corrected chi connectivity index (χ1v) is 14.4. The maximum absolute atomic E-state index is 7.49. The molecule has 39 heavy (non-hydrogen) atoms. The van der Waals surface area contributed by atoms with Gasteiger partial charge in [-0.3, -0.25) is 30.4 Å². The summed E-state index contributed by atoms with van der Waals surface area (Å²) in [7, 11) is 0. The van der Waals surface area contributed by atoms with Gasteiger partial charge >= 0.3 is 0 Å². The van der Waals surface area contributed by atoms with E-state index in [1.54, 1.807) is 0 Å². The maximum Gasteiger partial charge on any atom is 0.185 e. The molecule has 0 heterocycles. The van der Waals surface area contributed by atoms with Crippen molar-refractivity contribution in [2.45, 2.75) is 6.92 Å². The summed E-state index contributed by atoms with van der Waals surface area (Å²) in [6.07, 6.45) is 0. The molecule has 16 N–H and O–H groups in total. The first kappa shape index (κ1) is 37.2. The Morgan fingerprint density at radius 1 is 0.487 bits per heavy atom. The van der Waals surface area contributed by atoms with E-state index < -0.39 is 0 Å². The summed E-state index contributed by atoms with van der Waals surface area (Å²) >= 11 is 0. The van der Waals surface area contributed by atoms with Gasteiger partial charge in [-0.25, -0.2) is 0 Å². The molecule has 0 aromatic rings. The van der Waals surface area contributed by atoms with Crippen LogP contribution < -0.4 is 49.9 Å². The van der Waals surface area contributed by atoms with E-state index >= 15 is 0 Å². The number of hydrogen-bond donors (Lipinski definition) is 11. The highest BCUT2D eigenvalue weighted by molar-refractivity contribution is 5.74. The quantitative estimate of drug-likeness (QED) is 0.0245. The Morgan fingerprint density at radius 3 is 1.18 bits per heavy atom. The molecular weight excluding hydrogens is 498 g/mol. The minimum Gasteiger partial charge on any atom is -0.370 e. The third-order valence-corrected chi connectivity index (χ3v) is 6.36. The molecule has 0 amide bonds. The molecule has 0 radical (unpaired) electrons. The Kier molecular flexibility index (Phi) is 25.2. The van der Waals surface area contributed by atoms with Crippen molar-refractivity contribution >= 4 is 11.9 Å². The summed E-state index contributed by atoms with van der Waals surface area (Å²) in [6.45, 7) is 19.5. The third-order valence-electron chi connectivity index (χ3n) is 6.36. The van der Waals surface area contributed by atoms with Crippen molar-refractivity contribution in [2.75, 3.05) is 137 Å².